The van der Waals surface area contributed by atoms with Gasteiger partial charge >= 0.3 is 5.69 Å². The third kappa shape index (κ3) is 4.29. The fraction of sp³-hybridized carbons (Fsp3) is 0.105. The first-order chi connectivity index (χ1) is 12.5. The lowest BCUT2D eigenvalue weighted by Crippen LogP contribution is -2.41. The molecule has 0 aliphatic carbocycles. The molecule has 0 bridgehead atoms. The van der Waals surface area contributed by atoms with Gasteiger partial charge in [-0.15, -0.1) is 0 Å². The van der Waals surface area contributed by atoms with E-state index in [9.17, 15) is 14.4 Å². The Balaban J connectivity index is 1.82. The third-order valence-corrected chi connectivity index (χ3v) is 4.73. The van der Waals surface area contributed by atoms with Crippen LogP contribution in [0.1, 0.15) is 5.56 Å². The Morgan fingerprint density at radius 3 is 2.38 bits per heavy atom. The molecule has 0 saturated heterocycles. The van der Waals surface area contributed by atoms with E-state index in [4.69, 9.17) is 0 Å². The number of carbonyl (C=O) groups excluding carboxylic acids is 1. The van der Waals surface area contributed by atoms with Crippen LogP contribution in [0, 0.1) is 3.57 Å². The molecular formula is C19H16IN3O3. The van der Waals surface area contributed by atoms with Crippen molar-refractivity contribution in [2.24, 2.45) is 0 Å². The Morgan fingerprint density at radius 1 is 0.962 bits per heavy atom. The molecule has 1 N–H and O–H groups in total. The van der Waals surface area contributed by atoms with Crippen LogP contribution in [0.4, 0.5) is 5.69 Å². The zero-order valence-corrected chi connectivity index (χ0v) is 15.9. The average molecular weight is 461 g/mol. The predicted molar refractivity (Wildman–Crippen MR) is 108 cm³/mol. The van der Waals surface area contributed by atoms with E-state index in [2.05, 4.69) is 27.9 Å². The highest BCUT2D eigenvalue weighted by Crippen LogP contribution is 2.16. The first-order valence-corrected chi connectivity index (χ1v) is 9.01. The van der Waals surface area contributed by atoms with Gasteiger partial charge in [-0.2, -0.15) is 0 Å². The number of rotatable bonds is 5. The molecule has 0 aliphatic rings. The number of nitrogens with one attached hydrogen (secondary N) is 1. The zero-order chi connectivity index (χ0) is 18.5. The van der Waals surface area contributed by atoms with E-state index in [1.807, 2.05) is 42.5 Å². The van der Waals surface area contributed by atoms with Crippen LogP contribution in [0.5, 0.6) is 0 Å². The molecule has 0 fully saturated rings. The molecule has 0 radical (unpaired) electrons. The summed E-state index contributed by atoms with van der Waals surface area (Å²) in [5.41, 5.74) is 0.561. The number of nitrogens with zero attached hydrogens (tertiary/aromatic N) is 2. The molecule has 6 nitrogen and oxygen atoms in total. The molecule has 2 aromatic carbocycles. The maximum Gasteiger partial charge on any atom is 0.331 e. The van der Waals surface area contributed by atoms with Crippen molar-refractivity contribution in [3.8, 4) is 0 Å². The summed E-state index contributed by atoms with van der Waals surface area (Å²) in [6, 6.07) is 18.0. The highest BCUT2D eigenvalue weighted by molar-refractivity contribution is 14.1. The minimum Gasteiger partial charge on any atom is -0.324 e. The number of anilines is 1. The molecule has 0 atom stereocenters. The van der Waals surface area contributed by atoms with E-state index < -0.39 is 17.2 Å². The van der Waals surface area contributed by atoms with Crippen molar-refractivity contribution in [2.45, 2.75) is 13.1 Å². The van der Waals surface area contributed by atoms with Crippen LogP contribution in [0.2, 0.25) is 0 Å². The van der Waals surface area contributed by atoms with Crippen molar-refractivity contribution in [2.75, 3.05) is 5.32 Å². The van der Waals surface area contributed by atoms with Crippen molar-refractivity contribution < 1.29 is 4.79 Å². The molecule has 1 aromatic heterocycles. The SMILES string of the molecule is O=C(Cn1c(=O)ccn(Cc2ccccc2)c1=O)Nc1ccccc1I. The molecule has 0 spiro atoms. The molecule has 0 aliphatic heterocycles. The van der Waals surface area contributed by atoms with Gasteiger partial charge in [0, 0.05) is 15.8 Å². The molecule has 26 heavy (non-hydrogen) atoms. The summed E-state index contributed by atoms with van der Waals surface area (Å²) in [7, 11) is 0. The fourth-order valence-corrected chi connectivity index (χ4v) is 3.02. The average Bonchev–Trinajstić information content (AvgIpc) is 2.64. The van der Waals surface area contributed by atoms with E-state index in [0.717, 1.165) is 13.7 Å². The second-order valence-electron chi connectivity index (χ2n) is 5.66. The molecule has 3 rings (SSSR count). The van der Waals surface area contributed by atoms with Gasteiger partial charge in [-0.05, 0) is 40.3 Å². The van der Waals surface area contributed by atoms with Crippen molar-refractivity contribution in [3.05, 3.63) is 96.8 Å². The topological polar surface area (TPSA) is 73.1 Å². The summed E-state index contributed by atoms with van der Waals surface area (Å²) >= 11 is 2.11. The van der Waals surface area contributed by atoms with Gasteiger partial charge in [0.2, 0.25) is 5.91 Å². The number of carbonyl (C=O) groups is 1. The number of hydrogen-bond donors (Lipinski definition) is 1. The standard InChI is InChI=1S/C19H16IN3O3/c20-15-8-4-5-9-16(15)21-17(24)13-23-18(25)10-11-22(19(23)26)12-14-6-2-1-3-7-14/h1-11H,12-13H2,(H,21,24). The van der Waals surface area contributed by atoms with Gasteiger partial charge in [0.25, 0.3) is 5.56 Å². The number of aromatic nitrogens is 2. The van der Waals surface area contributed by atoms with Crippen molar-refractivity contribution in [1.29, 1.82) is 0 Å². The van der Waals surface area contributed by atoms with Crippen LogP contribution in [0.25, 0.3) is 0 Å². The van der Waals surface area contributed by atoms with Crippen LogP contribution in [0.3, 0.4) is 0 Å². The van der Waals surface area contributed by atoms with Crippen LogP contribution in [0.15, 0.2) is 76.4 Å². The molecule has 132 valence electrons. The number of amides is 1. The Hall–Kier alpha value is -2.68. The fourth-order valence-electron chi connectivity index (χ4n) is 2.50. The Morgan fingerprint density at radius 2 is 1.65 bits per heavy atom. The predicted octanol–water partition coefficient (Wildman–Crippen LogP) is 2.30. The quantitative estimate of drug-likeness (QED) is 0.593. The molecule has 7 heteroatoms. The normalized spacial score (nSPS) is 10.5. The van der Waals surface area contributed by atoms with Gasteiger partial charge in [-0.1, -0.05) is 42.5 Å². The Labute approximate surface area is 163 Å². The monoisotopic (exact) mass is 461 g/mol. The third-order valence-electron chi connectivity index (χ3n) is 3.79. The lowest BCUT2D eigenvalue weighted by Gasteiger charge is -2.11. The van der Waals surface area contributed by atoms with Crippen molar-refractivity contribution in [3.63, 3.8) is 0 Å². The molecule has 1 amide bonds. The van der Waals surface area contributed by atoms with Crippen molar-refractivity contribution >= 4 is 34.2 Å². The van der Waals surface area contributed by atoms with Gasteiger partial charge in [0.15, 0.2) is 0 Å². The molecule has 0 saturated carbocycles. The van der Waals surface area contributed by atoms with E-state index in [-0.39, 0.29) is 6.54 Å². The van der Waals surface area contributed by atoms with Crippen molar-refractivity contribution in [1.82, 2.24) is 9.13 Å². The van der Waals surface area contributed by atoms with Gasteiger partial charge in [-0.25, -0.2) is 4.79 Å². The first-order valence-electron chi connectivity index (χ1n) is 7.93. The van der Waals surface area contributed by atoms with E-state index in [1.165, 1.54) is 16.8 Å². The summed E-state index contributed by atoms with van der Waals surface area (Å²) < 4.78 is 3.23. The van der Waals surface area contributed by atoms with Gasteiger partial charge < -0.3 is 5.32 Å². The summed E-state index contributed by atoms with van der Waals surface area (Å²) in [4.78, 5) is 36.9. The van der Waals surface area contributed by atoms with Crippen LogP contribution < -0.4 is 16.6 Å². The molecule has 1 heterocycles. The minimum atomic E-state index is -0.515. The van der Waals surface area contributed by atoms with Gasteiger partial charge in [0.1, 0.15) is 6.54 Å². The lowest BCUT2D eigenvalue weighted by atomic mass is 10.2. The molecular weight excluding hydrogens is 445 g/mol. The smallest absolute Gasteiger partial charge is 0.324 e. The van der Waals surface area contributed by atoms with Gasteiger partial charge in [-0.3, -0.25) is 18.7 Å². The highest BCUT2D eigenvalue weighted by Gasteiger charge is 2.11. The molecule has 0 unspecified atom stereocenters. The van der Waals surface area contributed by atoms with E-state index in [0.29, 0.717) is 12.2 Å². The largest absolute Gasteiger partial charge is 0.331 e. The first kappa shape index (κ1) is 18.1. The highest BCUT2D eigenvalue weighted by atomic mass is 127. The second kappa shape index (κ2) is 8.13. The summed E-state index contributed by atoms with van der Waals surface area (Å²) in [6.45, 7) is -0.00354. The Bertz CT molecular complexity index is 1040. The van der Waals surface area contributed by atoms with Crippen LogP contribution >= 0.6 is 22.6 Å². The maximum absolute atomic E-state index is 12.6. The number of para-hydroxylation sites is 1. The summed E-state index contributed by atoms with van der Waals surface area (Å²) in [6.07, 6.45) is 1.45. The second-order valence-corrected chi connectivity index (χ2v) is 6.83. The van der Waals surface area contributed by atoms with Crippen LogP contribution in [-0.2, 0) is 17.9 Å². The Kier molecular flexibility index (Phi) is 5.67. The zero-order valence-electron chi connectivity index (χ0n) is 13.8. The summed E-state index contributed by atoms with van der Waals surface area (Å²) in [5.74, 6) is -0.425. The molecule has 3 aromatic rings. The summed E-state index contributed by atoms with van der Waals surface area (Å²) in [5, 5.41) is 2.73. The van der Waals surface area contributed by atoms with E-state index >= 15 is 0 Å². The number of hydrogen-bond acceptors (Lipinski definition) is 3. The maximum atomic E-state index is 12.6. The number of benzene rings is 2. The van der Waals surface area contributed by atoms with Gasteiger partial charge in [0.05, 0.1) is 12.2 Å². The number of halogens is 1. The van der Waals surface area contributed by atoms with Crippen LogP contribution in [-0.4, -0.2) is 15.0 Å². The minimum absolute atomic E-state index is 0.332. The van der Waals surface area contributed by atoms with E-state index in [1.54, 1.807) is 12.1 Å². The lowest BCUT2D eigenvalue weighted by molar-refractivity contribution is -0.116.